The van der Waals surface area contributed by atoms with Crippen LogP contribution in [0.2, 0.25) is 0 Å². The van der Waals surface area contributed by atoms with Crippen LogP contribution < -0.4 is 4.74 Å². The van der Waals surface area contributed by atoms with Crippen molar-refractivity contribution in [3.8, 4) is 10.9 Å². The number of rotatable bonds is 8. The van der Waals surface area contributed by atoms with Crippen molar-refractivity contribution in [1.82, 2.24) is 9.55 Å². The smallest absolute Gasteiger partial charge is 0.387 e. The molecule has 0 N–H and O–H groups in total. The molecule has 2 aromatic heterocycles. The van der Waals surface area contributed by atoms with Crippen LogP contribution in [0.25, 0.3) is 5.13 Å². The molecule has 0 aliphatic rings. The lowest BCUT2D eigenvalue weighted by Crippen LogP contribution is -2.08. The quantitative estimate of drug-likeness (QED) is 0.317. The molecule has 0 fully saturated rings. The number of oxime groups is 1. The van der Waals surface area contributed by atoms with Crippen molar-refractivity contribution in [2.75, 3.05) is 6.61 Å². The molecular weight excluding hydrogens is 388 g/mol. The van der Waals surface area contributed by atoms with E-state index in [2.05, 4.69) is 14.9 Å². The second-order valence-electron chi connectivity index (χ2n) is 5.81. The van der Waals surface area contributed by atoms with Crippen molar-refractivity contribution >= 4 is 23.3 Å². The van der Waals surface area contributed by atoms with Crippen LogP contribution in [0, 0.1) is 13.8 Å². The Morgan fingerprint density at radius 2 is 2.07 bits per heavy atom. The fourth-order valence-electron chi connectivity index (χ4n) is 2.67. The maximum absolute atomic E-state index is 12.4. The van der Waals surface area contributed by atoms with Gasteiger partial charge in [0.05, 0.1) is 6.21 Å². The molecule has 0 atom stereocenters. The van der Waals surface area contributed by atoms with E-state index >= 15 is 0 Å². The van der Waals surface area contributed by atoms with Crippen LogP contribution in [0.4, 0.5) is 8.78 Å². The topological polar surface area (TPSA) is 65.7 Å². The van der Waals surface area contributed by atoms with Crippen LogP contribution in [-0.2, 0) is 4.84 Å². The first-order chi connectivity index (χ1) is 13.5. The van der Waals surface area contributed by atoms with E-state index in [1.165, 1.54) is 29.7 Å². The summed E-state index contributed by atoms with van der Waals surface area (Å²) in [4.78, 5) is 21.8. The molecule has 146 valence electrons. The van der Waals surface area contributed by atoms with Crippen LogP contribution in [0.3, 0.4) is 0 Å². The third-order valence-corrected chi connectivity index (χ3v) is 4.68. The number of nitrogens with zero attached hydrogens (tertiary/aromatic N) is 3. The van der Waals surface area contributed by atoms with Gasteiger partial charge in [-0.2, -0.15) is 8.78 Å². The van der Waals surface area contributed by atoms with Crippen molar-refractivity contribution in [2.24, 2.45) is 5.16 Å². The van der Waals surface area contributed by atoms with E-state index < -0.39 is 6.61 Å². The van der Waals surface area contributed by atoms with E-state index in [0.29, 0.717) is 11.1 Å². The van der Waals surface area contributed by atoms with Crippen molar-refractivity contribution in [3.63, 3.8) is 0 Å². The van der Waals surface area contributed by atoms with E-state index in [1.807, 2.05) is 23.8 Å². The van der Waals surface area contributed by atoms with Gasteiger partial charge in [-0.15, -0.1) is 11.3 Å². The number of alkyl halides is 2. The lowest BCUT2D eigenvalue weighted by molar-refractivity contribution is -0.0498. The van der Waals surface area contributed by atoms with Gasteiger partial charge >= 0.3 is 6.61 Å². The van der Waals surface area contributed by atoms with Gasteiger partial charge in [-0.25, -0.2) is 4.98 Å². The van der Waals surface area contributed by atoms with E-state index in [-0.39, 0.29) is 18.1 Å². The van der Waals surface area contributed by atoms with Gasteiger partial charge in [0.15, 0.2) is 11.7 Å². The van der Waals surface area contributed by atoms with Gasteiger partial charge < -0.3 is 9.57 Å². The fourth-order valence-corrected chi connectivity index (χ4v) is 3.42. The van der Waals surface area contributed by atoms with Crippen molar-refractivity contribution < 1.29 is 23.1 Å². The number of ether oxygens (including phenoxy) is 1. The van der Waals surface area contributed by atoms with Gasteiger partial charge in [-0.05, 0) is 49.7 Å². The molecule has 0 saturated carbocycles. The zero-order chi connectivity index (χ0) is 20.1. The van der Waals surface area contributed by atoms with Crippen LogP contribution in [0.1, 0.15) is 27.3 Å². The van der Waals surface area contributed by atoms with Gasteiger partial charge in [0, 0.05) is 28.5 Å². The molecule has 0 radical (unpaired) electrons. The van der Waals surface area contributed by atoms with E-state index in [4.69, 9.17) is 4.84 Å². The lowest BCUT2D eigenvalue weighted by atomic mass is 10.2. The third-order valence-electron chi connectivity index (χ3n) is 3.92. The molecule has 0 amide bonds. The maximum atomic E-state index is 12.4. The number of aromatic nitrogens is 2. The molecule has 0 aliphatic carbocycles. The molecule has 3 rings (SSSR count). The number of hydrogen-bond donors (Lipinski definition) is 0. The largest absolute Gasteiger partial charge is 0.435 e. The molecular formula is C19H17F2N3O3S. The summed E-state index contributed by atoms with van der Waals surface area (Å²) < 4.78 is 30.4. The third kappa shape index (κ3) is 4.61. The normalized spacial score (nSPS) is 11.3. The summed E-state index contributed by atoms with van der Waals surface area (Å²) in [5.74, 6) is -0.146. The molecule has 0 saturated heterocycles. The van der Waals surface area contributed by atoms with Crippen molar-refractivity contribution in [3.05, 3.63) is 64.4 Å². The summed E-state index contributed by atoms with van der Waals surface area (Å²) in [5.41, 5.74) is 2.87. The number of carbonyl (C=O) groups excluding carboxylic acids is 1. The highest BCUT2D eigenvalue weighted by Gasteiger charge is 2.18. The number of halogens is 2. The predicted octanol–water partition coefficient (Wildman–Crippen LogP) is 4.39. The number of ketones is 1. The summed E-state index contributed by atoms with van der Waals surface area (Å²) in [6.45, 7) is 0.677. The minimum absolute atomic E-state index is 0.0545. The minimum atomic E-state index is -2.87. The summed E-state index contributed by atoms with van der Waals surface area (Å²) >= 11 is 1.49. The summed E-state index contributed by atoms with van der Waals surface area (Å²) in [7, 11) is 0. The lowest BCUT2D eigenvalue weighted by Gasteiger charge is -2.05. The highest BCUT2D eigenvalue weighted by Crippen LogP contribution is 2.22. The second kappa shape index (κ2) is 8.75. The molecule has 28 heavy (non-hydrogen) atoms. The van der Waals surface area contributed by atoms with Crippen LogP contribution in [0.5, 0.6) is 5.75 Å². The Bertz CT molecular complexity index is 967. The Labute approximate surface area is 164 Å². The van der Waals surface area contributed by atoms with Crippen LogP contribution >= 0.6 is 11.3 Å². The monoisotopic (exact) mass is 405 g/mol. The predicted molar refractivity (Wildman–Crippen MR) is 102 cm³/mol. The van der Waals surface area contributed by atoms with Gasteiger partial charge in [0.1, 0.15) is 5.75 Å². The maximum Gasteiger partial charge on any atom is 0.387 e. The fraction of sp³-hybridized carbons (Fsp3) is 0.211. The molecule has 9 heteroatoms. The number of carbonyl (C=O) groups is 1. The number of hydrogen-bond acceptors (Lipinski definition) is 6. The Balaban J connectivity index is 1.59. The Morgan fingerprint density at radius 3 is 2.71 bits per heavy atom. The number of Topliss-reactive ketones (excluding diaryl/α,β-unsaturated/α-hetero) is 1. The average molecular weight is 405 g/mol. The molecule has 0 spiro atoms. The molecule has 0 aliphatic heterocycles. The highest BCUT2D eigenvalue weighted by atomic mass is 32.1. The molecule has 2 heterocycles. The molecule has 1 aromatic carbocycles. The number of thiazole rings is 1. The summed E-state index contributed by atoms with van der Waals surface area (Å²) in [5, 5.41) is 6.43. The first-order valence-corrected chi connectivity index (χ1v) is 9.16. The molecule has 0 bridgehead atoms. The first kappa shape index (κ1) is 19.7. The van der Waals surface area contributed by atoms with E-state index in [9.17, 15) is 13.6 Å². The van der Waals surface area contributed by atoms with Crippen LogP contribution in [-0.4, -0.2) is 34.8 Å². The van der Waals surface area contributed by atoms with Gasteiger partial charge in [-0.3, -0.25) is 9.36 Å². The van der Waals surface area contributed by atoms with Crippen LogP contribution in [0.15, 0.2) is 47.1 Å². The van der Waals surface area contributed by atoms with Crippen molar-refractivity contribution in [2.45, 2.75) is 20.5 Å². The number of benzene rings is 1. The zero-order valence-corrected chi connectivity index (χ0v) is 16.0. The average Bonchev–Trinajstić information content (AvgIpc) is 3.27. The second-order valence-corrected chi connectivity index (χ2v) is 6.69. The Hall–Kier alpha value is -3.07. The van der Waals surface area contributed by atoms with E-state index in [1.54, 1.807) is 24.4 Å². The Morgan fingerprint density at radius 1 is 1.32 bits per heavy atom. The molecule has 6 nitrogen and oxygen atoms in total. The standard InChI is InChI=1S/C19H17F2N3O3S/c1-12-9-16(13(2)24(12)19-22-7-8-28-19)17(25)11-26-23-10-14-3-5-15(6-4-14)27-18(20)21/h3-10,18H,11H2,1-2H3/b23-10+. The summed E-state index contributed by atoms with van der Waals surface area (Å²) in [6, 6.07) is 7.69. The van der Waals surface area contributed by atoms with Crippen molar-refractivity contribution in [1.29, 1.82) is 0 Å². The SMILES string of the molecule is Cc1cc(C(=O)CO/N=C/c2ccc(OC(F)F)cc2)c(C)n1-c1nccs1. The minimum Gasteiger partial charge on any atom is -0.435 e. The highest BCUT2D eigenvalue weighted by molar-refractivity contribution is 7.12. The van der Waals surface area contributed by atoms with Gasteiger partial charge in [0.25, 0.3) is 0 Å². The summed E-state index contributed by atoms with van der Waals surface area (Å²) in [6.07, 6.45) is 3.10. The first-order valence-electron chi connectivity index (χ1n) is 8.28. The van der Waals surface area contributed by atoms with E-state index in [0.717, 1.165) is 16.5 Å². The Kier molecular flexibility index (Phi) is 6.15. The zero-order valence-electron chi connectivity index (χ0n) is 15.1. The molecule has 0 unspecified atom stereocenters. The van der Waals surface area contributed by atoms with Gasteiger partial charge in [-0.1, -0.05) is 5.16 Å². The molecule has 3 aromatic rings. The number of aryl methyl sites for hydroxylation is 1. The van der Waals surface area contributed by atoms with Gasteiger partial charge in [0.2, 0.25) is 5.78 Å².